The first-order valence-electron chi connectivity index (χ1n) is 11.6. The van der Waals surface area contributed by atoms with Gasteiger partial charge < -0.3 is 9.64 Å². The molecule has 1 aliphatic heterocycles. The first kappa shape index (κ1) is 24.6. The van der Waals surface area contributed by atoms with Crippen LogP contribution in [0.1, 0.15) is 64.4 Å². The molecule has 2 fully saturated rings. The molecule has 0 amide bonds. The monoisotopic (exact) mass is 460 g/mol. The summed E-state index contributed by atoms with van der Waals surface area (Å²) in [5, 5.41) is 0. The lowest BCUT2D eigenvalue weighted by Gasteiger charge is -2.37. The third-order valence-electron chi connectivity index (χ3n) is 6.23. The van der Waals surface area contributed by atoms with E-state index in [1.54, 1.807) is 18.5 Å². The lowest BCUT2D eigenvalue weighted by Crippen LogP contribution is -2.48. The van der Waals surface area contributed by atoms with E-state index in [9.17, 15) is 0 Å². The minimum atomic E-state index is -0.0335. The summed E-state index contributed by atoms with van der Waals surface area (Å²) in [6.45, 7) is 14.6. The fraction of sp³-hybridized carbons (Fsp3) is 0.667. The minimum absolute atomic E-state index is 0. The highest BCUT2D eigenvalue weighted by atomic mass is 35.5. The van der Waals surface area contributed by atoms with Crippen LogP contribution in [0.5, 0.6) is 6.01 Å². The molecule has 0 N–H and O–H groups in total. The van der Waals surface area contributed by atoms with Crippen molar-refractivity contribution in [3.63, 3.8) is 0 Å². The number of hydrogen-bond acceptors (Lipinski definition) is 7. The Balaban J connectivity index is 0.00000289. The maximum Gasteiger partial charge on any atom is 0.316 e. The van der Waals surface area contributed by atoms with Crippen LogP contribution in [-0.4, -0.2) is 64.2 Å². The molecule has 1 atom stereocenters. The van der Waals surface area contributed by atoms with E-state index < -0.39 is 0 Å². The SMILES string of the molecule is C[C@H](COc1ncccn1)CN1CCN(c2cc(C3CCC3)nc(C(C)(C)C)n2)CC1.Cl. The summed E-state index contributed by atoms with van der Waals surface area (Å²) in [6, 6.07) is 4.51. The van der Waals surface area contributed by atoms with Crippen molar-refractivity contribution in [1.82, 2.24) is 24.8 Å². The molecule has 2 aromatic heterocycles. The number of ether oxygens (including phenoxy) is 1. The summed E-state index contributed by atoms with van der Waals surface area (Å²) < 4.78 is 5.72. The van der Waals surface area contributed by atoms with Gasteiger partial charge in [-0.1, -0.05) is 34.1 Å². The van der Waals surface area contributed by atoms with Gasteiger partial charge in [0.1, 0.15) is 11.6 Å². The van der Waals surface area contributed by atoms with Crippen molar-refractivity contribution in [3.05, 3.63) is 36.0 Å². The van der Waals surface area contributed by atoms with E-state index in [-0.39, 0.29) is 17.8 Å². The van der Waals surface area contributed by atoms with E-state index >= 15 is 0 Å². The summed E-state index contributed by atoms with van der Waals surface area (Å²) in [4.78, 5) is 23.1. The van der Waals surface area contributed by atoms with Crippen LogP contribution in [0.4, 0.5) is 5.82 Å². The topological polar surface area (TPSA) is 67.3 Å². The molecule has 0 spiro atoms. The van der Waals surface area contributed by atoms with Gasteiger partial charge in [0.05, 0.1) is 6.61 Å². The molecule has 1 saturated carbocycles. The second-order valence-corrected chi connectivity index (χ2v) is 10.1. The average Bonchev–Trinajstić information content (AvgIpc) is 2.71. The quantitative estimate of drug-likeness (QED) is 0.616. The van der Waals surface area contributed by atoms with Gasteiger partial charge in [-0.15, -0.1) is 12.4 Å². The van der Waals surface area contributed by atoms with Gasteiger partial charge in [-0.3, -0.25) is 4.90 Å². The van der Waals surface area contributed by atoms with Crippen LogP contribution < -0.4 is 9.64 Å². The Kier molecular flexibility index (Phi) is 8.28. The van der Waals surface area contributed by atoms with Crippen LogP contribution in [0.2, 0.25) is 0 Å². The molecular formula is C24H37ClN6O. The van der Waals surface area contributed by atoms with Crippen LogP contribution in [-0.2, 0) is 5.41 Å². The molecule has 1 saturated heterocycles. The van der Waals surface area contributed by atoms with Gasteiger partial charge in [0.2, 0.25) is 0 Å². The lowest BCUT2D eigenvalue weighted by molar-refractivity contribution is 0.172. The van der Waals surface area contributed by atoms with Gasteiger partial charge in [0.15, 0.2) is 0 Å². The smallest absolute Gasteiger partial charge is 0.316 e. The molecule has 176 valence electrons. The number of nitrogens with zero attached hydrogens (tertiary/aromatic N) is 6. The van der Waals surface area contributed by atoms with E-state index in [0.29, 0.717) is 24.5 Å². The summed E-state index contributed by atoms with van der Waals surface area (Å²) >= 11 is 0. The molecule has 0 unspecified atom stereocenters. The van der Waals surface area contributed by atoms with Crippen LogP contribution in [0.25, 0.3) is 0 Å². The molecule has 0 bridgehead atoms. The Morgan fingerprint density at radius 3 is 2.34 bits per heavy atom. The Morgan fingerprint density at radius 1 is 1.06 bits per heavy atom. The molecule has 2 aliphatic rings. The van der Waals surface area contributed by atoms with Crippen molar-refractivity contribution in [2.45, 2.75) is 58.3 Å². The zero-order valence-corrected chi connectivity index (χ0v) is 20.6. The number of rotatable bonds is 7. The van der Waals surface area contributed by atoms with Gasteiger partial charge in [-0.05, 0) is 18.9 Å². The Bertz CT molecular complexity index is 847. The highest BCUT2D eigenvalue weighted by Crippen LogP contribution is 2.37. The third-order valence-corrected chi connectivity index (χ3v) is 6.23. The predicted molar refractivity (Wildman–Crippen MR) is 130 cm³/mol. The summed E-state index contributed by atoms with van der Waals surface area (Å²) in [5.74, 6) is 3.13. The van der Waals surface area contributed by atoms with Gasteiger partial charge in [0.25, 0.3) is 0 Å². The van der Waals surface area contributed by atoms with Crippen LogP contribution in [0, 0.1) is 5.92 Å². The zero-order valence-electron chi connectivity index (χ0n) is 19.8. The highest BCUT2D eigenvalue weighted by Gasteiger charge is 2.28. The van der Waals surface area contributed by atoms with Crippen molar-refractivity contribution in [1.29, 1.82) is 0 Å². The number of hydrogen-bond donors (Lipinski definition) is 0. The van der Waals surface area contributed by atoms with Crippen molar-refractivity contribution < 1.29 is 4.74 Å². The largest absolute Gasteiger partial charge is 0.463 e. The van der Waals surface area contributed by atoms with Crippen LogP contribution >= 0.6 is 12.4 Å². The maximum atomic E-state index is 5.72. The second kappa shape index (κ2) is 10.8. The molecular weight excluding hydrogens is 424 g/mol. The van der Waals surface area contributed by atoms with Crippen molar-refractivity contribution >= 4 is 18.2 Å². The standard InChI is InChI=1S/C24H36N6O.ClH/c1-18(17-31-23-25-9-6-10-26-23)16-29-11-13-30(14-12-29)21-15-20(19-7-5-8-19)27-22(28-21)24(2,3)4;/h6,9-10,15,18-19H,5,7-8,11-14,16-17H2,1-4H3;1H/t18-;/m0./s1. The molecule has 0 aromatic carbocycles. The average molecular weight is 461 g/mol. The first-order chi connectivity index (χ1) is 14.9. The summed E-state index contributed by atoms with van der Waals surface area (Å²) in [6.07, 6.45) is 7.27. The van der Waals surface area contributed by atoms with Gasteiger partial charge in [-0.2, -0.15) is 0 Å². The van der Waals surface area contributed by atoms with Gasteiger partial charge >= 0.3 is 6.01 Å². The first-order valence-corrected chi connectivity index (χ1v) is 11.6. The minimum Gasteiger partial charge on any atom is -0.463 e. The fourth-order valence-corrected chi connectivity index (χ4v) is 4.09. The number of halogens is 1. The Labute approximate surface area is 198 Å². The molecule has 2 aromatic rings. The second-order valence-electron chi connectivity index (χ2n) is 10.1. The summed E-state index contributed by atoms with van der Waals surface area (Å²) in [5.41, 5.74) is 1.21. The Hall–Kier alpha value is -1.99. The van der Waals surface area contributed by atoms with E-state index in [1.807, 2.05) is 0 Å². The number of aromatic nitrogens is 4. The normalized spacial score (nSPS) is 18.6. The van der Waals surface area contributed by atoms with Crippen molar-refractivity contribution in [2.24, 2.45) is 5.92 Å². The fourth-order valence-electron chi connectivity index (χ4n) is 4.09. The third kappa shape index (κ3) is 6.29. The van der Waals surface area contributed by atoms with Gasteiger partial charge in [-0.25, -0.2) is 19.9 Å². The highest BCUT2D eigenvalue weighted by molar-refractivity contribution is 5.85. The van der Waals surface area contributed by atoms with Gasteiger partial charge in [0, 0.05) is 74.1 Å². The van der Waals surface area contributed by atoms with E-state index in [1.165, 1.54) is 25.0 Å². The maximum absolute atomic E-state index is 5.72. The van der Waals surface area contributed by atoms with Crippen molar-refractivity contribution in [2.75, 3.05) is 44.2 Å². The molecule has 7 nitrogen and oxygen atoms in total. The number of piperazine rings is 1. The molecule has 1 aliphatic carbocycles. The number of anilines is 1. The molecule has 4 rings (SSSR count). The van der Waals surface area contributed by atoms with E-state index in [0.717, 1.165) is 44.4 Å². The molecule has 3 heterocycles. The summed E-state index contributed by atoms with van der Waals surface area (Å²) in [7, 11) is 0. The molecule has 32 heavy (non-hydrogen) atoms. The van der Waals surface area contributed by atoms with E-state index in [4.69, 9.17) is 14.7 Å². The van der Waals surface area contributed by atoms with Crippen molar-refractivity contribution in [3.8, 4) is 6.01 Å². The van der Waals surface area contributed by atoms with Crippen LogP contribution in [0.3, 0.4) is 0 Å². The lowest BCUT2D eigenvalue weighted by atomic mass is 9.82. The Morgan fingerprint density at radius 2 is 1.75 bits per heavy atom. The zero-order chi connectivity index (χ0) is 21.8. The predicted octanol–water partition coefficient (Wildman–Crippen LogP) is 4.09. The van der Waals surface area contributed by atoms with Crippen LogP contribution in [0.15, 0.2) is 24.5 Å². The molecule has 0 radical (unpaired) electrons. The molecule has 8 heteroatoms. The van der Waals surface area contributed by atoms with E-state index in [2.05, 4.69) is 53.5 Å².